The van der Waals surface area contributed by atoms with Crippen molar-refractivity contribution in [1.82, 2.24) is 15.1 Å². The molecule has 33 heavy (non-hydrogen) atoms. The molecule has 0 spiro atoms. The summed E-state index contributed by atoms with van der Waals surface area (Å²) in [6.45, 7) is 2.75. The summed E-state index contributed by atoms with van der Waals surface area (Å²) in [5.74, 6) is 3.42. The van der Waals surface area contributed by atoms with Crippen LogP contribution in [0.15, 0.2) is 54.6 Å². The molecular formula is C24H24N4O5. The quantitative estimate of drug-likeness (QED) is 0.569. The third-order valence-corrected chi connectivity index (χ3v) is 5.68. The van der Waals surface area contributed by atoms with E-state index in [4.69, 9.17) is 18.9 Å². The zero-order chi connectivity index (χ0) is 22.6. The Balaban J connectivity index is 1.13. The zero-order valence-corrected chi connectivity index (χ0v) is 18.3. The standard InChI is InChI=1S/C24H24N4O5/c1-30-18-4-2-3-17(13-18)20-6-8-23(26-25-20)27-9-11-28(12-10-27)24(29)15-31-19-5-7-21-22(14-19)33-16-32-21/h2-8,13-14H,9-12,15-16H2,1H3. The number of hydrogen-bond acceptors (Lipinski definition) is 8. The highest BCUT2D eigenvalue weighted by molar-refractivity contribution is 5.78. The Hall–Kier alpha value is -4.01. The molecule has 2 aromatic carbocycles. The molecule has 0 bridgehead atoms. The molecule has 0 radical (unpaired) electrons. The van der Waals surface area contributed by atoms with Gasteiger partial charge in [0, 0.05) is 37.8 Å². The molecule has 5 rings (SSSR count). The van der Waals surface area contributed by atoms with Crippen LogP contribution in [0.2, 0.25) is 0 Å². The Labute approximate surface area is 191 Å². The lowest BCUT2D eigenvalue weighted by molar-refractivity contribution is -0.133. The predicted octanol–water partition coefficient (Wildman–Crippen LogP) is 2.61. The van der Waals surface area contributed by atoms with Crippen LogP contribution in [0.25, 0.3) is 11.3 Å². The van der Waals surface area contributed by atoms with Crippen LogP contribution >= 0.6 is 0 Å². The van der Waals surface area contributed by atoms with Crippen LogP contribution in [0.4, 0.5) is 5.82 Å². The largest absolute Gasteiger partial charge is 0.497 e. The van der Waals surface area contributed by atoms with Crippen LogP contribution in [0.5, 0.6) is 23.0 Å². The molecule has 9 heteroatoms. The monoisotopic (exact) mass is 448 g/mol. The molecule has 3 aromatic rings. The molecule has 0 N–H and O–H groups in total. The maximum atomic E-state index is 12.6. The van der Waals surface area contributed by atoms with Crippen molar-refractivity contribution in [1.29, 1.82) is 0 Å². The topological polar surface area (TPSA) is 86.3 Å². The second-order valence-corrected chi connectivity index (χ2v) is 7.68. The molecule has 1 fully saturated rings. The van der Waals surface area contributed by atoms with Gasteiger partial charge in [0.15, 0.2) is 23.9 Å². The van der Waals surface area contributed by atoms with Crippen molar-refractivity contribution in [2.45, 2.75) is 0 Å². The number of carbonyl (C=O) groups excluding carboxylic acids is 1. The summed E-state index contributed by atoms with van der Waals surface area (Å²) in [6, 6.07) is 16.9. The van der Waals surface area contributed by atoms with Crippen molar-refractivity contribution in [3.05, 3.63) is 54.6 Å². The van der Waals surface area contributed by atoms with E-state index in [-0.39, 0.29) is 19.3 Å². The highest BCUT2D eigenvalue weighted by Crippen LogP contribution is 2.35. The number of fused-ring (bicyclic) bond motifs is 1. The molecule has 0 aliphatic carbocycles. The normalized spacial score (nSPS) is 14.8. The first-order valence-electron chi connectivity index (χ1n) is 10.7. The number of benzene rings is 2. The maximum Gasteiger partial charge on any atom is 0.260 e. The summed E-state index contributed by atoms with van der Waals surface area (Å²) in [4.78, 5) is 16.5. The van der Waals surface area contributed by atoms with Gasteiger partial charge in [-0.2, -0.15) is 0 Å². The molecule has 0 unspecified atom stereocenters. The van der Waals surface area contributed by atoms with Crippen molar-refractivity contribution in [3.63, 3.8) is 0 Å². The molecular weight excluding hydrogens is 424 g/mol. The highest BCUT2D eigenvalue weighted by Gasteiger charge is 2.23. The lowest BCUT2D eigenvalue weighted by atomic mass is 10.1. The zero-order valence-electron chi connectivity index (χ0n) is 18.3. The first-order valence-corrected chi connectivity index (χ1v) is 10.7. The number of hydrogen-bond donors (Lipinski definition) is 0. The fraction of sp³-hybridized carbons (Fsp3) is 0.292. The van der Waals surface area contributed by atoms with E-state index in [1.165, 1.54) is 0 Å². The van der Waals surface area contributed by atoms with Gasteiger partial charge < -0.3 is 28.7 Å². The SMILES string of the molecule is COc1cccc(-c2ccc(N3CCN(C(=O)COc4ccc5c(c4)OCO5)CC3)nn2)c1. The van der Waals surface area contributed by atoms with Gasteiger partial charge in [-0.05, 0) is 36.4 Å². The number of methoxy groups -OCH3 is 1. The first-order chi connectivity index (χ1) is 16.2. The van der Waals surface area contributed by atoms with Crippen LogP contribution in [-0.4, -0.2) is 67.7 Å². The van der Waals surface area contributed by atoms with E-state index >= 15 is 0 Å². The van der Waals surface area contributed by atoms with Crippen molar-refractivity contribution in [2.75, 3.05) is 51.6 Å². The molecule has 1 aromatic heterocycles. The third-order valence-electron chi connectivity index (χ3n) is 5.68. The molecule has 9 nitrogen and oxygen atoms in total. The smallest absolute Gasteiger partial charge is 0.260 e. The Morgan fingerprint density at radius 1 is 0.939 bits per heavy atom. The number of anilines is 1. The Kier molecular flexibility index (Phi) is 5.84. The molecule has 1 amide bonds. The predicted molar refractivity (Wildman–Crippen MR) is 121 cm³/mol. The van der Waals surface area contributed by atoms with Gasteiger partial charge in [0.25, 0.3) is 5.91 Å². The van der Waals surface area contributed by atoms with Crippen molar-refractivity contribution < 1.29 is 23.7 Å². The van der Waals surface area contributed by atoms with Gasteiger partial charge >= 0.3 is 0 Å². The molecule has 170 valence electrons. The number of nitrogens with zero attached hydrogens (tertiary/aromatic N) is 4. The van der Waals surface area contributed by atoms with E-state index in [2.05, 4.69) is 15.1 Å². The van der Waals surface area contributed by atoms with Crippen molar-refractivity contribution in [3.8, 4) is 34.3 Å². The average molecular weight is 448 g/mol. The van der Waals surface area contributed by atoms with Gasteiger partial charge in [-0.25, -0.2) is 0 Å². The second-order valence-electron chi connectivity index (χ2n) is 7.68. The first kappa shape index (κ1) is 20.9. The van der Waals surface area contributed by atoms with E-state index in [0.29, 0.717) is 43.4 Å². The number of carbonyl (C=O) groups is 1. The lowest BCUT2D eigenvalue weighted by Gasteiger charge is -2.35. The number of ether oxygens (including phenoxy) is 4. The number of aromatic nitrogens is 2. The summed E-state index contributed by atoms with van der Waals surface area (Å²) in [6.07, 6.45) is 0. The number of piperazine rings is 1. The summed E-state index contributed by atoms with van der Waals surface area (Å²) < 4.78 is 21.6. The van der Waals surface area contributed by atoms with Crippen LogP contribution < -0.4 is 23.8 Å². The fourth-order valence-corrected chi connectivity index (χ4v) is 3.82. The molecule has 2 aliphatic heterocycles. The Bertz CT molecular complexity index is 1130. The van der Waals surface area contributed by atoms with E-state index in [1.54, 1.807) is 25.3 Å². The summed E-state index contributed by atoms with van der Waals surface area (Å²) in [7, 11) is 1.64. The van der Waals surface area contributed by atoms with Crippen LogP contribution in [0.3, 0.4) is 0 Å². The van der Waals surface area contributed by atoms with Crippen LogP contribution in [0.1, 0.15) is 0 Å². The van der Waals surface area contributed by atoms with Gasteiger partial charge in [-0.1, -0.05) is 12.1 Å². The fourth-order valence-electron chi connectivity index (χ4n) is 3.82. The summed E-state index contributed by atoms with van der Waals surface area (Å²) in [5, 5.41) is 8.77. The third kappa shape index (κ3) is 4.62. The lowest BCUT2D eigenvalue weighted by Crippen LogP contribution is -2.50. The van der Waals surface area contributed by atoms with E-state index in [0.717, 1.165) is 22.8 Å². The maximum absolute atomic E-state index is 12.6. The second kappa shape index (κ2) is 9.23. The van der Waals surface area contributed by atoms with Gasteiger partial charge in [0.1, 0.15) is 11.5 Å². The minimum Gasteiger partial charge on any atom is -0.497 e. The van der Waals surface area contributed by atoms with Gasteiger partial charge in [0.2, 0.25) is 6.79 Å². The Morgan fingerprint density at radius 2 is 1.79 bits per heavy atom. The minimum absolute atomic E-state index is 0.0192. The van der Waals surface area contributed by atoms with Gasteiger partial charge in [-0.3, -0.25) is 4.79 Å². The van der Waals surface area contributed by atoms with E-state index < -0.39 is 0 Å². The summed E-state index contributed by atoms with van der Waals surface area (Å²) in [5.41, 5.74) is 1.73. The number of amides is 1. The van der Waals surface area contributed by atoms with Crippen LogP contribution in [0, 0.1) is 0 Å². The number of rotatable bonds is 6. The summed E-state index contributed by atoms with van der Waals surface area (Å²) >= 11 is 0. The molecule has 0 saturated carbocycles. The Morgan fingerprint density at radius 3 is 2.58 bits per heavy atom. The average Bonchev–Trinajstić information content (AvgIpc) is 3.35. The van der Waals surface area contributed by atoms with Gasteiger partial charge in [0.05, 0.1) is 12.8 Å². The van der Waals surface area contributed by atoms with Crippen molar-refractivity contribution >= 4 is 11.7 Å². The highest BCUT2D eigenvalue weighted by atomic mass is 16.7. The molecule has 3 heterocycles. The van der Waals surface area contributed by atoms with E-state index in [9.17, 15) is 4.79 Å². The van der Waals surface area contributed by atoms with Crippen LogP contribution in [-0.2, 0) is 4.79 Å². The molecule has 1 saturated heterocycles. The van der Waals surface area contributed by atoms with Gasteiger partial charge in [-0.15, -0.1) is 10.2 Å². The molecule has 2 aliphatic rings. The van der Waals surface area contributed by atoms with E-state index in [1.807, 2.05) is 41.3 Å². The van der Waals surface area contributed by atoms with Crippen molar-refractivity contribution in [2.24, 2.45) is 0 Å². The molecule has 0 atom stereocenters. The minimum atomic E-state index is -0.0493.